The summed E-state index contributed by atoms with van der Waals surface area (Å²) in [6.45, 7) is 6.59. The number of nitrogens with one attached hydrogen (secondary N) is 2. The van der Waals surface area contributed by atoms with E-state index in [1.165, 1.54) is 19.3 Å². The van der Waals surface area contributed by atoms with Gasteiger partial charge in [0, 0.05) is 12.2 Å². The van der Waals surface area contributed by atoms with E-state index in [0.717, 1.165) is 18.6 Å². The van der Waals surface area contributed by atoms with Crippen LogP contribution >= 0.6 is 0 Å². The molecule has 5 nitrogen and oxygen atoms in total. The molecule has 0 fully saturated rings. The van der Waals surface area contributed by atoms with Crippen molar-refractivity contribution in [3.63, 3.8) is 0 Å². The van der Waals surface area contributed by atoms with Crippen LogP contribution in [0.3, 0.4) is 0 Å². The molecule has 0 radical (unpaired) electrons. The molecule has 1 rings (SSSR count). The number of anilines is 1. The molecule has 2 amide bonds. The van der Waals surface area contributed by atoms with Gasteiger partial charge in [-0.15, -0.1) is 0 Å². The zero-order chi connectivity index (χ0) is 17.1. The van der Waals surface area contributed by atoms with Gasteiger partial charge in [0.15, 0.2) is 0 Å². The summed E-state index contributed by atoms with van der Waals surface area (Å²) >= 11 is 0. The maximum Gasteiger partial charge on any atom is 0.313 e. The van der Waals surface area contributed by atoms with Gasteiger partial charge in [0.25, 0.3) is 0 Å². The first kappa shape index (κ1) is 19.0. The third-order valence-corrected chi connectivity index (χ3v) is 3.26. The molecule has 1 aromatic rings. The van der Waals surface area contributed by atoms with E-state index in [1.807, 2.05) is 13.8 Å². The molecule has 0 unspecified atom stereocenters. The van der Waals surface area contributed by atoms with Gasteiger partial charge in [-0.25, -0.2) is 0 Å². The fourth-order valence-electron chi connectivity index (χ4n) is 2.09. The van der Waals surface area contributed by atoms with Crippen molar-refractivity contribution in [2.75, 3.05) is 11.9 Å². The van der Waals surface area contributed by atoms with E-state index >= 15 is 0 Å². The lowest BCUT2D eigenvalue weighted by atomic mass is 10.1. The molecule has 0 bridgehead atoms. The maximum absolute atomic E-state index is 11.8. The number of ether oxygens (including phenoxy) is 1. The normalized spacial score (nSPS) is 10.4. The van der Waals surface area contributed by atoms with Gasteiger partial charge in [-0.1, -0.05) is 32.6 Å². The summed E-state index contributed by atoms with van der Waals surface area (Å²) in [6.07, 6.45) is 5.65. The topological polar surface area (TPSA) is 67.4 Å². The Morgan fingerprint density at radius 3 is 2.26 bits per heavy atom. The lowest BCUT2D eigenvalue weighted by molar-refractivity contribution is -0.136. The van der Waals surface area contributed by atoms with E-state index in [2.05, 4.69) is 17.6 Å². The number of hydrogen-bond acceptors (Lipinski definition) is 3. The van der Waals surface area contributed by atoms with Gasteiger partial charge in [-0.2, -0.15) is 0 Å². The van der Waals surface area contributed by atoms with Gasteiger partial charge >= 0.3 is 11.8 Å². The van der Waals surface area contributed by atoms with Crippen LogP contribution < -0.4 is 15.4 Å². The van der Waals surface area contributed by atoms with E-state index in [9.17, 15) is 9.59 Å². The van der Waals surface area contributed by atoms with Gasteiger partial charge in [0.05, 0.1) is 6.10 Å². The number of amides is 2. The number of carbonyl (C=O) groups is 2. The van der Waals surface area contributed by atoms with Crippen LogP contribution in [0.4, 0.5) is 5.69 Å². The van der Waals surface area contributed by atoms with Crippen molar-refractivity contribution < 1.29 is 14.3 Å². The van der Waals surface area contributed by atoms with E-state index in [0.29, 0.717) is 12.2 Å². The van der Waals surface area contributed by atoms with E-state index in [1.54, 1.807) is 24.3 Å². The minimum absolute atomic E-state index is 0.0959. The Kier molecular flexibility index (Phi) is 8.80. The Morgan fingerprint density at radius 1 is 1.00 bits per heavy atom. The Balaban J connectivity index is 2.30. The van der Waals surface area contributed by atoms with Crippen LogP contribution in [0.2, 0.25) is 0 Å². The molecule has 5 heteroatoms. The van der Waals surface area contributed by atoms with Gasteiger partial charge < -0.3 is 15.4 Å². The number of rotatable bonds is 9. The molecule has 0 heterocycles. The highest BCUT2D eigenvalue weighted by molar-refractivity contribution is 6.39. The number of unbranched alkanes of at least 4 members (excludes halogenated alkanes) is 4. The Labute approximate surface area is 138 Å². The summed E-state index contributed by atoms with van der Waals surface area (Å²) in [7, 11) is 0. The van der Waals surface area contributed by atoms with Crippen LogP contribution in [0.25, 0.3) is 0 Å². The highest BCUT2D eigenvalue weighted by Gasteiger charge is 2.12. The second kappa shape index (κ2) is 10.6. The SMILES string of the molecule is CCCCCCCNC(=O)C(=O)Nc1ccc(OC(C)C)cc1. The van der Waals surface area contributed by atoms with Crippen molar-refractivity contribution in [3.8, 4) is 5.75 Å². The molecule has 1 aromatic carbocycles. The summed E-state index contributed by atoms with van der Waals surface area (Å²) in [5.41, 5.74) is 0.573. The zero-order valence-electron chi connectivity index (χ0n) is 14.4. The highest BCUT2D eigenvalue weighted by Crippen LogP contribution is 2.16. The first-order valence-corrected chi connectivity index (χ1v) is 8.38. The molecule has 0 spiro atoms. The minimum atomic E-state index is -0.643. The quantitative estimate of drug-likeness (QED) is 0.540. The van der Waals surface area contributed by atoms with Crippen LogP contribution in [0.1, 0.15) is 52.9 Å². The van der Waals surface area contributed by atoms with Gasteiger partial charge in [-0.3, -0.25) is 9.59 Å². The predicted molar refractivity (Wildman–Crippen MR) is 92.6 cm³/mol. The number of carbonyl (C=O) groups excluding carboxylic acids is 2. The molecule has 128 valence electrons. The zero-order valence-corrected chi connectivity index (χ0v) is 14.4. The van der Waals surface area contributed by atoms with Crippen molar-refractivity contribution in [1.29, 1.82) is 0 Å². The minimum Gasteiger partial charge on any atom is -0.491 e. The summed E-state index contributed by atoms with van der Waals surface area (Å²) in [5, 5.41) is 5.22. The molecule has 0 aliphatic rings. The Morgan fingerprint density at radius 2 is 1.65 bits per heavy atom. The molecular formula is C18H28N2O3. The monoisotopic (exact) mass is 320 g/mol. The largest absolute Gasteiger partial charge is 0.491 e. The Hall–Kier alpha value is -2.04. The molecule has 0 saturated heterocycles. The molecule has 0 aliphatic heterocycles. The van der Waals surface area contributed by atoms with Crippen molar-refractivity contribution >= 4 is 17.5 Å². The molecular weight excluding hydrogens is 292 g/mol. The van der Waals surface area contributed by atoms with Crippen LogP contribution in [-0.4, -0.2) is 24.5 Å². The van der Waals surface area contributed by atoms with E-state index in [4.69, 9.17) is 4.74 Å². The number of hydrogen-bond donors (Lipinski definition) is 2. The lowest BCUT2D eigenvalue weighted by Crippen LogP contribution is -2.35. The van der Waals surface area contributed by atoms with Gasteiger partial charge in [0.1, 0.15) is 5.75 Å². The molecule has 23 heavy (non-hydrogen) atoms. The third-order valence-electron chi connectivity index (χ3n) is 3.26. The predicted octanol–water partition coefficient (Wildman–Crippen LogP) is 3.50. The number of benzene rings is 1. The summed E-state index contributed by atoms with van der Waals surface area (Å²) in [4.78, 5) is 23.5. The van der Waals surface area contributed by atoms with Gasteiger partial charge in [0.2, 0.25) is 0 Å². The average Bonchev–Trinajstić information content (AvgIpc) is 2.52. The molecule has 0 saturated carbocycles. The van der Waals surface area contributed by atoms with Crippen LogP contribution in [-0.2, 0) is 9.59 Å². The van der Waals surface area contributed by atoms with E-state index in [-0.39, 0.29) is 6.10 Å². The summed E-state index contributed by atoms with van der Waals surface area (Å²) < 4.78 is 5.52. The van der Waals surface area contributed by atoms with Crippen LogP contribution in [0, 0.1) is 0 Å². The first-order chi connectivity index (χ1) is 11.0. The maximum atomic E-state index is 11.8. The van der Waals surface area contributed by atoms with Crippen molar-refractivity contribution in [2.24, 2.45) is 0 Å². The van der Waals surface area contributed by atoms with Crippen molar-refractivity contribution in [1.82, 2.24) is 5.32 Å². The second-order valence-electron chi connectivity index (χ2n) is 5.82. The van der Waals surface area contributed by atoms with Crippen LogP contribution in [0.15, 0.2) is 24.3 Å². The van der Waals surface area contributed by atoms with Crippen molar-refractivity contribution in [2.45, 2.75) is 59.0 Å². The third kappa shape index (κ3) is 8.24. The summed E-state index contributed by atoms with van der Waals surface area (Å²) in [5.74, 6) is -0.506. The lowest BCUT2D eigenvalue weighted by Gasteiger charge is -2.10. The standard InChI is InChI=1S/C18H28N2O3/c1-4-5-6-7-8-13-19-17(21)18(22)20-15-9-11-16(12-10-15)23-14(2)3/h9-12,14H,4-8,13H2,1-3H3,(H,19,21)(H,20,22). The van der Waals surface area contributed by atoms with Crippen molar-refractivity contribution in [3.05, 3.63) is 24.3 Å². The highest BCUT2D eigenvalue weighted by atomic mass is 16.5. The molecule has 0 aromatic heterocycles. The Bertz CT molecular complexity index is 484. The average molecular weight is 320 g/mol. The second-order valence-corrected chi connectivity index (χ2v) is 5.82. The fourth-order valence-corrected chi connectivity index (χ4v) is 2.09. The summed E-state index contributed by atoms with van der Waals surface area (Å²) in [6, 6.07) is 6.96. The molecule has 2 N–H and O–H groups in total. The van der Waals surface area contributed by atoms with Gasteiger partial charge in [-0.05, 0) is 44.5 Å². The fraction of sp³-hybridized carbons (Fsp3) is 0.556. The smallest absolute Gasteiger partial charge is 0.313 e. The molecule has 0 aliphatic carbocycles. The van der Waals surface area contributed by atoms with E-state index < -0.39 is 11.8 Å². The molecule has 0 atom stereocenters. The van der Waals surface area contributed by atoms with Crippen LogP contribution in [0.5, 0.6) is 5.75 Å². The first-order valence-electron chi connectivity index (χ1n) is 8.38.